The molecular weight excluding hydrogens is 250 g/mol. The van der Waals surface area contributed by atoms with Crippen LogP contribution in [0.1, 0.15) is 33.6 Å². The van der Waals surface area contributed by atoms with Gasteiger partial charge in [0.05, 0.1) is 10.5 Å². The molecule has 104 valence electrons. The van der Waals surface area contributed by atoms with E-state index in [1.165, 1.54) is 0 Å². The summed E-state index contributed by atoms with van der Waals surface area (Å²) < 4.78 is 5.26. The number of thiocarbonyl (C=S) groups is 1. The number of carbonyl (C=O) groups excluding carboxylic acids is 1. The van der Waals surface area contributed by atoms with Crippen LogP contribution < -0.4 is 11.1 Å². The third kappa shape index (κ3) is 4.10. The Morgan fingerprint density at radius 3 is 2.28 bits per heavy atom. The molecule has 1 heterocycles. The summed E-state index contributed by atoms with van der Waals surface area (Å²) >= 11 is 5.12. The number of nitrogens with one attached hydrogen (secondary N) is 1. The van der Waals surface area contributed by atoms with Crippen molar-refractivity contribution in [1.82, 2.24) is 10.2 Å². The molecule has 5 nitrogen and oxygen atoms in total. The molecule has 0 atom stereocenters. The first-order valence-electron chi connectivity index (χ1n) is 6.14. The lowest BCUT2D eigenvalue weighted by molar-refractivity contribution is 0.0453. The number of ether oxygens (including phenoxy) is 1. The van der Waals surface area contributed by atoms with Gasteiger partial charge in [-0.05, 0) is 40.7 Å². The first-order valence-corrected chi connectivity index (χ1v) is 6.55. The molecule has 0 bridgehead atoms. The largest absolute Gasteiger partial charge is 0.444 e. The van der Waals surface area contributed by atoms with E-state index in [1.807, 2.05) is 27.8 Å². The fourth-order valence-corrected chi connectivity index (χ4v) is 2.19. The maximum atomic E-state index is 11.9. The summed E-state index contributed by atoms with van der Waals surface area (Å²) in [6.45, 7) is 7.19. The quantitative estimate of drug-likeness (QED) is 0.741. The molecule has 6 heteroatoms. The summed E-state index contributed by atoms with van der Waals surface area (Å²) in [6, 6.07) is 0. The molecule has 0 spiro atoms. The molecular formula is C12H23N3O2S. The highest BCUT2D eigenvalue weighted by Gasteiger charge is 2.39. The van der Waals surface area contributed by atoms with Crippen LogP contribution in [0.3, 0.4) is 0 Å². The third-order valence-corrected chi connectivity index (χ3v) is 3.44. The Balaban J connectivity index is 2.70. The van der Waals surface area contributed by atoms with E-state index in [2.05, 4.69) is 10.2 Å². The van der Waals surface area contributed by atoms with E-state index >= 15 is 0 Å². The summed E-state index contributed by atoms with van der Waals surface area (Å²) in [5, 5.41) is 2.85. The highest BCUT2D eigenvalue weighted by Crippen LogP contribution is 2.23. The number of alkyl carbamates (subject to hydrolysis) is 1. The zero-order valence-corrected chi connectivity index (χ0v) is 12.4. The Morgan fingerprint density at radius 2 is 1.89 bits per heavy atom. The maximum Gasteiger partial charge on any atom is 0.408 e. The lowest BCUT2D eigenvalue weighted by Gasteiger charge is -2.40. The minimum absolute atomic E-state index is 0.335. The lowest BCUT2D eigenvalue weighted by Crippen LogP contribution is -2.61. The van der Waals surface area contributed by atoms with Crippen LogP contribution in [-0.2, 0) is 4.74 Å². The highest BCUT2D eigenvalue weighted by atomic mass is 32.1. The number of hydrogen-bond donors (Lipinski definition) is 2. The van der Waals surface area contributed by atoms with Gasteiger partial charge in [-0.2, -0.15) is 0 Å². The molecule has 1 aliphatic heterocycles. The number of likely N-dealkylation sites (tertiary alicyclic amines) is 1. The molecule has 1 amide bonds. The Bertz CT molecular complexity index is 331. The van der Waals surface area contributed by atoms with Gasteiger partial charge >= 0.3 is 6.09 Å². The lowest BCUT2D eigenvalue weighted by atomic mass is 9.87. The standard InChI is InChI=1S/C12H23N3O2S/c1-11(2,3)17-10(16)14-12(9(13)18)5-7-15(4)8-6-12/h5-8H2,1-4H3,(H2,13,18)(H,14,16). The van der Waals surface area contributed by atoms with Gasteiger partial charge in [-0.3, -0.25) is 0 Å². The van der Waals surface area contributed by atoms with Crippen LogP contribution in [0.15, 0.2) is 0 Å². The normalized spacial score (nSPS) is 20.2. The van der Waals surface area contributed by atoms with Crippen LogP contribution in [-0.4, -0.2) is 47.3 Å². The van der Waals surface area contributed by atoms with E-state index in [9.17, 15) is 4.79 Å². The van der Waals surface area contributed by atoms with Gasteiger partial charge in [0, 0.05) is 13.1 Å². The van der Waals surface area contributed by atoms with Crippen molar-refractivity contribution in [3.8, 4) is 0 Å². The van der Waals surface area contributed by atoms with E-state index in [1.54, 1.807) is 0 Å². The molecule has 0 aromatic carbocycles. The SMILES string of the molecule is CN1CCC(NC(=O)OC(C)(C)C)(C(N)=S)CC1. The number of hydrogen-bond acceptors (Lipinski definition) is 4. The molecule has 3 N–H and O–H groups in total. The monoisotopic (exact) mass is 273 g/mol. The fraction of sp³-hybridized carbons (Fsp3) is 0.833. The van der Waals surface area contributed by atoms with Gasteiger partial charge in [0.1, 0.15) is 5.60 Å². The summed E-state index contributed by atoms with van der Waals surface area (Å²) in [6.07, 6.45) is 0.982. The van der Waals surface area contributed by atoms with Gasteiger partial charge in [0.15, 0.2) is 0 Å². The smallest absolute Gasteiger partial charge is 0.408 e. The molecule has 18 heavy (non-hydrogen) atoms. The first-order chi connectivity index (χ1) is 8.15. The highest BCUT2D eigenvalue weighted by molar-refractivity contribution is 7.80. The van der Waals surface area contributed by atoms with Crippen LogP contribution in [0.4, 0.5) is 4.79 Å². The van der Waals surface area contributed by atoms with Crippen LogP contribution in [0.5, 0.6) is 0 Å². The van der Waals surface area contributed by atoms with Gasteiger partial charge in [-0.25, -0.2) is 4.79 Å². The number of nitrogens with zero attached hydrogens (tertiary/aromatic N) is 1. The summed E-state index contributed by atoms with van der Waals surface area (Å²) in [4.78, 5) is 14.4. The van der Waals surface area contributed by atoms with Crippen molar-refractivity contribution in [3.05, 3.63) is 0 Å². The predicted octanol–water partition coefficient (Wildman–Crippen LogP) is 1.26. The molecule has 0 saturated carbocycles. The number of amides is 1. The van der Waals surface area contributed by atoms with Gasteiger partial charge < -0.3 is 20.7 Å². The fourth-order valence-electron chi connectivity index (χ4n) is 1.93. The summed E-state index contributed by atoms with van der Waals surface area (Å²) in [7, 11) is 2.04. The Hall–Kier alpha value is -0.880. The summed E-state index contributed by atoms with van der Waals surface area (Å²) in [5.74, 6) is 0. The van der Waals surface area contributed by atoms with Crippen molar-refractivity contribution in [2.45, 2.75) is 44.8 Å². The van der Waals surface area contributed by atoms with Crippen molar-refractivity contribution >= 4 is 23.3 Å². The molecule has 0 aromatic heterocycles. The second kappa shape index (κ2) is 5.40. The van der Waals surface area contributed by atoms with Gasteiger partial charge in [-0.1, -0.05) is 12.2 Å². The van der Waals surface area contributed by atoms with Crippen molar-refractivity contribution < 1.29 is 9.53 Å². The minimum atomic E-state index is -0.607. The average Bonchev–Trinajstić information content (AvgIpc) is 2.18. The Kier molecular flexibility index (Phi) is 4.55. The second-order valence-corrected chi connectivity index (χ2v) is 6.32. The van der Waals surface area contributed by atoms with E-state index in [0.717, 1.165) is 25.9 Å². The number of piperidine rings is 1. The molecule has 1 rings (SSSR count). The molecule has 0 aromatic rings. The molecule has 1 aliphatic rings. The zero-order chi connectivity index (χ0) is 14.0. The van der Waals surface area contributed by atoms with Crippen LogP contribution in [0, 0.1) is 0 Å². The molecule has 0 unspecified atom stereocenters. The Morgan fingerprint density at radius 1 is 1.39 bits per heavy atom. The number of carbonyl (C=O) groups is 1. The molecule has 0 radical (unpaired) electrons. The van der Waals surface area contributed by atoms with E-state index in [0.29, 0.717) is 4.99 Å². The van der Waals surface area contributed by atoms with Crippen molar-refractivity contribution in [1.29, 1.82) is 0 Å². The average molecular weight is 273 g/mol. The number of rotatable bonds is 2. The number of nitrogens with two attached hydrogens (primary N) is 1. The second-order valence-electron chi connectivity index (χ2n) is 5.88. The molecule has 1 fully saturated rings. The van der Waals surface area contributed by atoms with Crippen molar-refractivity contribution in [3.63, 3.8) is 0 Å². The Labute approximate surface area is 114 Å². The van der Waals surface area contributed by atoms with Gasteiger partial charge in [-0.15, -0.1) is 0 Å². The van der Waals surface area contributed by atoms with E-state index in [-0.39, 0.29) is 0 Å². The van der Waals surface area contributed by atoms with Gasteiger partial charge in [0.2, 0.25) is 0 Å². The van der Waals surface area contributed by atoms with Gasteiger partial charge in [0.25, 0.3) is 0 Å². The topological polar surface area (TPSA) is 67.6 Å². The van der Waals surface area contributed by atoms with E-state index < -0.39 is 17.2 Å². The van der Waals surface area contributed by atoms with Crippen LogP contribution in [0.2, 0.25) is 0 Å². The van der Waals surface area contributed by atoms with E-state index in [4.69, 9.17) is 22.7 Å². The predicted molar refractivity (Wildman–Crippen MR) is 75.6 cm³/mol. The molecule has 1 saturated heterocycles. The van der Waals surface area contributed by atoms with Crippen LogP contribution >= 0.6 is 12.2 Å². The summed E-state index contributed by atoms with van der Waals surface area (Å²) in [5.41, 5.74) is 4.67. The zero-order valence-electron chi connectivity index (χ0n) is 11.6. The third-order valence-electron chi connectivity index (χ3n) is 3.05. The maximum absolute atomic E-state index is 11.9. The first kappa shape index (κ1) is 15.2. The van der Waals surface area contributed by atoms with Crippen molar-refractivity contribution in [2.75, 3.05) is 20.1 Å². The van der Waals surface area contributed by atoms with Crippen molar-refractivity contribution in [2.24, 2.45) is 5.73 Å². The molecule has 0 aliphatic carbocycles. The van der Waals surface area contributed by atoms with Crippen LogP contribution in [0.25, 0.3) is 0 Å². The minimum Gasteiger partial charge on any atom is -0.444 e.